The summed E-state index contributed by atoms with van der Waals surface area (Å²) in [5.74, 6) is -1.95. The zero-order valence-electron chi connectivity index (χ0n) is 21.2. The van der Waals surface area contributed by atoms with Gasteiger partial charge in [0.05, 0.1) is 5.92 Å². The van der Waals surface area contributed by atoms with E-state index in [0.717, 1.165) is 22.3 Å². The molecule has 1 aliphatic carbocycles. The Bertz CT molecular complexity index is 1030. The lowest BCUT2D eigenvalue weighted by Crippen LogP contribution is -2.47. The van der Waals surface area contributed by atoms with Gasteiger partial charge in [-0.3, -0.25) is 9.59 Å². The van der Waals surface area contributed by atoms with Gasteiger partial charge in [-0.15, -0.1) is 0 Å². The Morgan fingerprint density at radius 3 is 2.03 bits per heavy atom. The number of carboxylic acid groups (broad SMARTS) is 1. The zero-order chi connectivity index (χ0) is 25.8. The second-order valence-electron chi connectivity index (χ2n) is 10.6. The van der Waals surface area contributed by atoms with Crippen molar-refractivity contribution in [3.8, 4) is 11.1 Å². The van der Waals surface area contributed by atoms with Crippen LogP contribution < -0.4 is 5.32 Å². The van der Waals surface area contributed by atoms with Gasteiger partial charge in [0.15, 0.2) is 0 Å². The lowest BCUT2D eigenvalue weighted by Gasteiger charge is -2.32. The molecule has 0 heterocycles. The fourth-order valence-corrected chi connectivity index (χ4v) is 4.74. The number of alkyl carbamates (subject to hydrolysis) is 1. The van der Waals surface area contributed by atoms with Gasteiger partial charge in [-0.1, -0.05) is 69.3 Å². The topological polar surface area (TPSA) is 95.9 Å². The van der Waals surface area contributed by atoms with Crippen LogP contribution in [0.2, 0.25) is 0 Å². The van der Waals surface area contributed by atoms with Crippen LogP contribution in [-0.2, 0) is 14.3 Å². The Labute approximate surface area is 207 Å². The van der Waals surface area contributed by atoms with Crippen molar-refractivity contribution >= 4 is 18.0 Å². The molecule has 0 bridgehead atoms. The molecule has 3 rings (SSSR count). The Hall–Kier alpha value is -3.35. The van der Waals surface area contributed by atoms with Crippen molar-refractivity contribution in [1.29, 1.82) is 0 Å². The fraction of sp³-hybridized carbons (Fsp3) is 0.464. The number of hydrogen-bond acceptors (Lipinski definition) is 4. The molecule has 1 unspecified atom stereocenters. The van der Waals surface area contributed by atoms with Crippen LogP contribution >= 0.6 is 0 Å². The maximum atomic E-state index is 13.2. The Balaban J connectivity index is 1.66. The van der Waals surface area contributed by atoms with Gasteiger partial charge in [0.1, 0.15) is 13.2 Å². The van der Waals surface area contributed by atoms with Gasteiger partial charge in [0.25, 0.3) is 0 Å². The third-order valence-corrected chi connectivity index (χ3v) is 6.26. The third kappa shape index (κ3) is 6.62. The van der Waals surface area contributed by atoms with E-state index in [4.69, 9.17) is 4.74 Å². The van der Waals surface area contributed by atoms with E-state index in [0.29, 0.717) is 6.42 Å². The van der Waals surface area contributed by atoms with Crippen molar-refractivity contribution in [3.05, 3.63) is 59.7 Å². The summed E-state index contributed by atoms with van der Waals surface area (Å²) in [6.45, 7) is 9.50. The van der Waals surface area contributed by atoms with E-state index in [2.05, 4.69) is 29.6 Å². The van der Waals surface area contributed by atoms with E-state index in [1.165, 1.54) is 4.90 Å². The van der Waals surface area contributed by atoms with Crippen LogP contribution in [0.1, 0.15) is 58.1 Å². The molecule has 0 aliphatic heterocycles. The maximum Gasteiger partial charge on any atom is 0.407 e. The molecule has 2 N–H and O–H groups in total. The van der Waals surface area contributed by atoms with E-state index in [1.807, 2.05) is 45.0 Å². The number of amides is 2. The molecule has 1 aliphatic rings. The minimum atomic E-state index is -1.06. The van der Waals surface area contributed by atoms with E-state index in [9.17, 15) is 19.5 Å². The van der Waals surface area contributed by atoms with Crippen LogP contribution in [0.25, 0.3) is 11.1 Å². The van der Waals surface area contributed by atoms with Gasteiger partial charge in [-0.25, -0.2) is 4.79 Å². The Kier molecular flexibility index (Phi) is 8.20. The van der Waals surface area contributed by atoms with Crippen molar-refractivity contribution in [2.24, 2.45) is 11.3 Å². The summed E-state index contributed by atoms with van der Waals surface area (Å²) in [7, 11) is 0. The highest BCUT2D eigenvalue weighted by Crippen LogP contribution is 2.44. The summed E-state index contributed by atoms with van der Waals surface area (Å²) in [5.41, 5.74) is 4.38. The Morgan fingerprint density at radius 1 is 1.00 bits per heavy atom. The van der Waals surface area contributed by atoms with Gasteiger partial charge in [0.2, 0.25) is 5.91 Å². The summed E-state index contributed by atoms with van der Waals surface area (Å²) < 4.78 is 5.60. The van der Waals surface area contributed by atoms with Gasteiger partial charge >= 0.3 is 12.1 Å². The quantitative estimate of drug-likeness (QED) is 0.532. The second kappa shape index (κ2) is 10.9. The number of benzene rings is 2. The predicted molar refractivity (Wildman–Crippen MR) is 135 cm³/mol. The van der Waals surface area contributed by atoms with Crippen molar-refractivity contribution in [3.63, 3.8) is 0 Å². The molecule has 0 aromatic heterocycles. The molecule has 1 atom stereocenters. The standard InChI is InChI=1S/C28H36N2O5/c1-18(2)30(16-25(31)32)26(33)19(14-28(3,4)5)15-29-27(34)35-17-24-22-12-8-6-10-20(22)21-11-7-9-13-23(21)24/h6-13,18-19,24H,14-17H2,1-5H3,(H,29,34)(H,31,32). The average Bonchev–Trinajstić information content (AvgIpc) is 3.11. The number of ether oxygens (including phenoxy) is 1. The molecule has 7 heteroatoms. The van der Waals surface area contributed by atoms with Gasteiger partial charge in [0, 0.05) is 18.5 Å². The molecule has 2 aromatic carbocycles. The van der Waals surface area contributed by atoms with E-state index >= 15 is 0 Å². The number of hydrogen-bond donors (Lipinski definition) is 2. The first-order valence-electron chi connectivity index (χ1n) is 12.1. The summed E-state index contributed by atoms with van der Waals surface area (Å²) in [6.07, 6.45) is -0.0916. The van der Waals surface area contributed by atoms with Crippen molar-refractivity contribution in [2.75, 3.05) is 19.7 Å². The molecule has 7 nitrogen and oxygen atoms in total. The lowest BCUT2D eigenvalue weighted by molar-refractivity contribution is -0.148. The van der Waals surface area contributed by atoms with Gasteiger partial charge in [-0.2, -0.15) is 0 Å². The van der Waals surface area contributed by atoms with Crippen molar-refractivity contribution < 1.29 is 24.2 Å². The number of rotatable bonds is 9. The highest BCUT2D eigenvalue weighted by Gasteiger charge is 2.32. The highest BCUT2D eigenvalue weighted by molar-refractivity contribution is 5.84. The summed E-state index contributed by atoms with van der Waals surface area (Å²) in [5, 5.41) is 12.0. The first kappa shape index (κ1) is 26.3. The minimum Gasteiger partial charge on any atom is -0.480 e. The van der Waals surface area contributed by atoms with Crippen LogP contribution in [0.15, 0.2) is 48.5 Å². The molecule has 35 heavy (non-hydrogen) atoms. The first-order chi connectivity index (χ1) is 16.5. The smallest absolute Gasteiger partial charge is 0.407 e. The number of carboxylic acids is 1. The lowest BCUT2D eigenvalue weighted by atomic mass is 9.83. The average molecular weight is 481 g/mol. The molecule has 2 aromatic rings. The Morgan fingerprint density at radius 2 is 1.54 bits per heavy atom. The molecule has 0 saturated heterocycles. The second-order valence-corrected chi connectivity index (χ2v) is 10.6. The number of carbonyl (C=O) groups excluding carboxylic acids is 2. The molecule has 0 fully saturated rings. The number of carbonyl (C=O) groups is 3. The summed E-state index contributed by atoms with van der Waals surface area (Å²) >= 11 is 0. The largest absolute Gasteiger partial charge is 0.480 e. The number of nitrogens with one attached hydrogen (secondary N) is 1. The third-order valence-electron chi connectivity index (χ3n) is 6.26. The molecule has 0 spiro atoms. The van der Waals surface area contributed by atoms with Crippen LogP contribution in [0.4, 0.5) is 4.79 Å². The molecule has 0 radical (unpaired) electrons. The highest BCUT2D eigenvalue weighted by atomic mass is 16.5. The molecule has 188 valence electrons. The molecule has 2 amide bonds. The van der Waals surface area contributed by atoms with E-state index < -0.39 is 18.0 Å². The fourth-order valence-electron chi connectivity index (χ4n) is 4.74. The summed E-state index contributed by atoms with van der Waals surface area (Å²) in [6, 6.07) is 16.0. The normalized spacial score (nSPS) is 13.7. The van der Waals surface area contributed by atoms with Crippen molar-refractivity contribution in [1.82, 2.24) is 10.2 Å². The number of fused-ring (bicyclic) bond motifs is 3. The van der Waals surface area contributed by atoms with Crippen LogP contribution in [0.3, 0.4) is 0 Å². The molecular formula is C28H36N2O5. The maximum absolute atomic E-state index is 13.2. The van der Waals surface area contributed by atoms with E-state index in [-0.39, 0.29) is 43.0 Å². The zero-order valence-corrected chi connectivity index (χ0v) is 21.2. The predicted octanol–water partition coefficient (Wildman–Crippen LogP) is 4.90. The van der Waals surface area contributed by atoms with Gasteiger partial charge in [-0.05, 0) is 47.9 Å². The SMILES string of the molecule is CC(C)N(CC(=O)O)C(=O)C(CNC(=O)OCC1c2ccccc2-c2ccccc21)CC(C)(C)C. The van der Waals surface area contributed by atoms with Crippen LogP contribution in [0, 0.1) is 11.3 Å². The summed E-state index contributed by atoms with van der Waals surface area (Å²) in [4.78, 5) is 38.5. The minimum absolute atomic E-state index is 0.0489. The van der Waals surface area contributed by atoms with Crippen LogP contribution in [0.5, 0.6) is 0 Å². The van der Waals surface area contributed by atoms with Gasteiger partial charge < -0.3 is 20.1 Å². The molecule has 0 saturated carbocycles. The van der Waals surface area contributed by atoms with Crippen LogP contribution in [-0.4, -0.2) is 53.7 Å². The van der Waals surface area contributed by atoms with Crippen molar-refractivity contribution in [2.45, 2.75) is 53.0 Å². The van der Waals surface area contributed by atoms with E-state index in [1.54, 1.807) is 13.8 Å². The number of aliphatic carboxylic acids is 1. The first-order valence-corrected chi connectivity index (χ1v) is 12.1. The number of nitrogens with zero attached hydrogens (tertiary/aromatic N) is 1. The molecular weight excluding hydrogens is 444 g/mol. The monoisotopic (exact) mass is 480 g/mol.